The average molecular weight is 545 g/mol. The molecule has 1 atom stereocenters. The van der Waals surface area contributed by atoms with Gasteiger partial charge in [0, 0.05) is 5.56 Å². The van der Waals surface area contributed by atoms with Crippen LogP contribution < -0.4 is 23.8 Å². The number of fused-ring (bicyclic) bond motifs is 2. The lowest BCUT2D eigenvalue weighted by Gasteiger charge is -2.23. The van der Waals surface area contributed by atoms with Gasteiger partial charge in [0.2, 0.25) is 0 Å². The number of methoxy groups -OCH3 is 1. The summed E-state index contributed by atoms with van der Waals surface area (Å²) in [6.45, 7) is 3.21. The van der Waals surface area contributed by atoms with Gasteiger partial charge < -0.3 is 24.1 Å². The molecule has 198 valence electrons. The molecule has 4 aromatic rings. The third-order valence-corrected chi connectivity index (χ3v) is 7.57. The summed E-state index contributed by atoms with van der Waals surface area (Å²) in [7, 11) is 1.56. The fourth-order valence-electron chi connectivity index (χ4n) is 4.73. The van der Waals surface area contributed by atoms with Crippen molar-refractivity contribution in [3.8, 4) is 23.0 Å². The van der Waals surface area contributed by atoms with Crippen LogP contribution >= 0.6 is 11.3 Å². The Morgan fingerprint density at radius 1 is 1.03 bits per heavy atom. The maximum atomic E-state index is 13.5. The summed E-state index contributed by atoms with van der Waals surface area (Å²) < 4.78 is 23.0. The average Bonchev–Trinajstić information content (AvgIpc) is 3.50. The van der Waals surface area contributed by atoms with E-state index in [0.717, 1.165) is 4.70 Å². The second kappa shape index (κ2) is 9.95. The van der Waals surface area contributed by atoms with Gasteiger partial charge in [-0.15, -0.1) is 0 Å². The number of aromatic nitrogens is 1. The predicted octanol–water partition coefficient (Wildman–Crippen LogP) is 5.10. The molecule has 1 fully saturated rings. The fraction of sp³-hybridized carbons (Fsp3) is 0.207. The number of rotatable bonds is 6. The molecule has 3 aromatic carbocycles. The molecule has 6 rings (SSSR count). The lowest BCUT2D eigenvalue weighted by Crippen LogP contribution is -2.29. The predicted molar refractivity (Wildman–Crippen MR) is 146 cm³/mol. The summed E-state index contributed by atoms with van der Waals surface area (Å²) in [5, 5.41) is 11.8. The van der Waals surface area contributed by atoms with Gasteiger partial charge in [0.1, 0.15) is 30.5 Å². The summed E-state index contributed by atoms with van der Waals surface area (Å²) in [6.07, 6.45) is 0. The number of ketones is 1. The second-order valence-corrected chi connectivity index (χ2v) is 9.87. The van der Waals surface area contributed by atoms with E-state index in [1.807, 2.05) is 25.1 Å². The summed E-state index contributed by atoms with van der Waals surface area (Å²) >= 11 is 1.27. The molecule has 1 saturated heterocycles. The Morgan fingerprint density at radius 3 is 2.51 bits per heavy atom. The van der Waals surface area contributed by atoms with E-state index in [0.29, 0.717) is 64.6 Å². The van der Waals surface area contributed by atoms with Crippen LogP contribution in [0.1, 0.15) is 24.1 Å². The number of carbonyl (C=O) groups excluding carboxylic acids is 2. The van der Waals surface area contributed by atoms with E-state index in [4.69, 9.17) is 18.9 Å². The van der Waals surface area contributed by atoms with Gasteiger partial charge in [-0.3, -0.25) is 14.5 Å². The van der Waals surface area contributed by atoms with Gasteiger partial charge in [0.25, 0.3) is 5.78 Å². The van der Waals surface area contributed by atoms with Crippen LogP contribution in [0.5, 0.6) is 23.0 Å². The van der Waals surface area contributed by atoms with Gasteiger partial charge in [-0.25, -0.2) is 4.98 Å². The largest absolute Gasteiger partial charge is 0.507 e. The first-order valence-electron chi connectivity index (χ1n) is 12.4. The first kappa shape index (κ1) is 24.7. The van der Waals surface area contributed by atoms with E-state index in [-0.39, 0.29) is 11.3 Å². The van der Waals surface area contributed by atoms with Crippen molar-refractivity contribution in [2.75, 3.05) is 31.8 Å². The molecule has 1 N–H and O–H groups in total. The molecule has 1 amide bonds. The van der Waals surface area contributed by atoms with E-state index in [9.17, 15) is 14.7 Å². The number of nitrogens with zero attached hydrogens (tertiary/aromatic N) is 2. The normalized spacial score (nSPS) is 18.0. The van der Waals surface area contributed by atoms with Gasteiger partial charge >= 0.3 is 5.91 Å². The van der Waals surface area contributed by atoms with Crippen LogP contribution in [-0.2, 0) is 9.59 Å². The Hall–Kier alpha value is -4.57. The lowest BCUT2D eigenvalue weighted by molar-refractivity contribution is -0.132. The third-order valence-electron chi connectivity index (χ3n) is 6.56. The number of ether oxygens (including phenoxy) is 4. The molecule has 0 bridgehead atoms. The first-order valence-corrected chi connectivity index (χ1v) is 13.2. The highest BCUT2D eigenvalue weighted by molar-refractivity contribution is 7.22. The molecular formula is C29H24N2O7S. The number of thiazole rings is 1. The zero-order valence-electron chi connectivity index (χ0n) is 21.2. The fourth-order valence-corrected chi connectivity index (χ4v) is 5.75. The molecule has 0 radical (unpaired) electrons. The van der Waals surface area contributed by atoms with Crippen molar-refractivity contribution in [2.45, 2.75) is 13.0 Å². The number of anilines is 1. The minimum atomic E-state index is -0.920. The van der Waals surface area contributed by atoms with Crippen molar-refractivity contribution in [3.63, 3.8) is 0 Å². The van der Waals surface area contributed by atoms with Gasteiger partial charge in [-0.2, -0.15) is 0 Å². The molecule has 0 aliphatic carbocycles. The highest BCUT2D eigenvalue weighted by Gasteiger charge is 2.48. The number of hydrogen-bond donors (Lipinski definition) is 1. The molecule has 39 heavy (non-hydrogen) atoms. The smallest absolute Gasteiger partial charge is 0.301 e. The first-order chi connectivity index (χ1) is 19.0. The molecule has 1 aromatic heterocycles. The van der Waals surface area contributed by atoms with Crippen LogP contribution in [-0.4, -0.2) is 48.7 Å². The van der Waals surface area contributed by atoms with Gasteiger partial charge in [0.15, 0.2) is 16.6 Å². The highest BCUT2D eigenvalue weighted by Crippen LogP contribution is 2.45. The zero-order chi connectivity index (χ0) is 27.1. The highest BCUT2D eigenvalue weighted by atomic mass is 32.1. The van der Waals surface area contributed by atoms with Crippen molar-refractivity contribution < 1.29 is 33.6 Å². The number of carbonyl (C=O) groups is 2. The number of benzene rings is 3. The van der Waals surface area contributed by atoms with E-state index in [1.54, 1.807) is 49.6 Å². The maximum absolute atomic E-state index is 13.5. The number of aliphatic hydroxyl groups is 1. The van der Waals surface area contributed by atoms with Crippen molar-refractivity contribution in [2.24, 2.45) is 0 Å². The number of Topliss-reactive ketones (excluding diaryl/α,β-unsaturated/α-hetero) is 1. The molecule has 1 unspecified atom stereocenters. The standard InChI is InChI=1S/C29H24N2O7S/c1-3-36-19-9-10-20-23(15-19)39-29(30-20)31-25(16-4-7-18(35-2)8-5-16)24(27(33)28(31)34)26(32)17-6-11-21-22(14-17)38-13-12-37-21/h4-11,14-15,25,32H,3,12-13H2,1-2H3/b26-24+. The summed E-state index contributed by atoms with van der Waals surface area (Å²) in [5.74, 6) is 0.408. The topological polar surface area (TPSA) is 107 Å². The quantitative estimate of drug-likeness (QED) is 0.203. The molecule has 3 heterocycles. The van der Waals surface area contributed by atoms with Crippen LogP contribution in [0.25, 0.3) is 16.0 Å². The van der Waals surface area contributed by atoms with Crippen LogP contribution in [0.4, 0.5) is 5.13 Å². The van der Waals surface area contributed by atoms with Crippen molar-refractivity contribution in [1.29, 1.82) is 0 Å². The number of hydrogen-bond acceptors (Lipinski definition) is 9. The maximum Gasteiger partial charge on any atom is 0.301 e. The van der Waals surface area contributed by atoms with Crippen LogP contribution in [0.2, 0.25) is 0 Å². The van der Waals surface area contributed by atoms with E-state index in [2.05, 4.69) is 4.98 Å². The molecule has 9 nitrogen and oxygen atoms in total. The molecule has 2 aliphatic rings. The lowest BCUT2D eigenvalue weighted by atomic mass is 9.95. The Labute approximate surface area is 227 Å². The van der Waals surface area contributed by atoms with Gasteiger partial charge in [-0.1, -0.05) is 23.5 Å². The summed E-state index contributed by atoms with van der Waals surface area (Å²) in [4.78, 5) is 33.1. The van der Waals surface area contributed by atoms with E-state index < -0.39 is 17.7 Å². The molecular weight excluding hydrogens is 520 g/mol. The molecule has 0 saturated carbocycles. The summed E-state index contributed by atoms with van der Waals surface area (Å²) in [5.41, 5.74) is 1.57. The SMILES string of the molecule is CCOc1ccc2nc(N3C(=O)C(=O)/C(=C(/O)c4ccc5c(c4)OCCO5)C3c3ccc(OC)cc3)sc2c1. The molecule has 0 spiro atoms. The Kier molecular flexibility index (Phi) is 6.32. The van der Waals surface area contributed by atoms with Crippen molar-refractivity contribution >= 4 is 44.1 Å². The van der Waals surface area contributed by atoms with E-state index in [1.165, 1.54) is 16.2 Å². The number of aliphatic hydroxyl groups excluding tert-OH is 1. The molecule has 2 aliphatic heterocycles. The Balaban J connectivity index is 1.50. The van der Waals surface area contributed by atoms with Crippen molar-refractivity contribution in [1.82, 2.24) is 4.98 Å². The second-order valence-electron chi connectivity index (χ2n) is 8.86. The van der Waals surface area contributed by atoms with Crippen LogP contribution in [0, 0.1) is 0 Å². The summed E-state index contributed by atoms with van der Waals surface area (Å²) in [6, 6.07) is 16.5. The number of amides is 1. The Morgan fingerprint density at radius 2 is 1.77 bits per heavy atom. The van der Waals surface area contributed by atoms with Crippen molar-refractivity contribution in [3.05, 3.63) is 77.4 Å². The molecule has 10 heteroatoms. The van der Waals surface area contributed by atoms with Gasteiger partial charge in [-0.05, 0) is 61.0 Å². The van der Waals surface area contributed by atoms with E-state index >= 15 is 0 Å². The minimum absolute atomic E-state index is 0.0453. The zero-order valence-corrected chi connectivity index (χ0v) is 22.0. The minimum Gasteiger partial charge on any atom is -0.507 e. The van der Waals surface area contributed by atoms with Gasteiger partial charge in [0.05, 0.1) is 35.5 Å². The third kappa shape index (κ3) is 4.32. The van der Waals surface area contributed by atoms with Crippen LogP contribution in [0.3, 0.4) is 0 Å². The Bertz CT molecular complexity index is 1630. The monoisotopic (exact) mass is 544 g/mol. The van der Waals surface area contributed by atoms with Crippen LogP contribution in [0.15, 0.2) is 66.2 Å².